The molecule has 0 spiro atoms. The molecule has 3 aromatic rings. The van der Waals surface area contributed by atoms with Crippen molar-refractivity contribution < 1.29 is 0 Å². The van der Waals surface area contributed by atoms with Crippen LogP contribution >= 0.6 is 11.6 Å². The lowest BCUT2D eigenvalue weighted by Crippen LogP contribution is -2.34. The molecule has 0 aliphatic carbocycles. The smallest absolute Gasteiger partial charge is 0.161 e. The first kappa shape index (κ1) is 16.7. The number of hydrogen-bond donors (Lipinski definition) is 0. The molecule has 2 aliphatic heterocycles. The predicted molar refractivity (Wildman–Crippen MR) is 105 cm³/mol. The van der Waals surface area contributed by atoms with Gasteiger partial charge in [-0.05, 0) is 37.5 Å². The molecule has 0 saturated carbocycles. The Kier molecular flexibility index (Phi) is 4.28. The molecule has 1 fully saturated rings. The number of anilines is 1. The third-order valence-electron chi connectivity index (χ3n) is 5.55. The predicted octanol–water partition coefficient (Wildman–Crippen LogP) is 3.72. The quantitative estimate of drug-likeness (QED) is 0.693. The lowest BCUT2D eigenvalue weighted by atomic mass is 9.96. The summed E-state index contributed by atoms with van der Waals surface area (Å²) >= 11 is 6.11. The molecule has 6 nitrogen and oxygen atoms in total. The second-order valence-corrected chi connectivity index (χ2v) is 7.68. The van der Waals surface area contributed by atoms with Gasteiger partial charge in [-0.3, -0.25) is 0 Å². The Morgan fingerprint density at radius 2 is 1.93 bits per heavy atom. The molecule has 7 heteroatoms. The van der Waals surface area contributed by atoms with E-state index in [-0.39, 0.29) is 0 Å². The van der Waals surface area contributed by atoms with E-state index in [0.717, 1.165) is 56.1 Å². The van der Waals surface area contributed by atoms with Gasteiger partial charge >= 0.3 is 0 Å². The number of aryl methyl sites for hydroxylation is 1. The molecule has 4 heterocycles. The lowest BCUT2D eigenvalue weighted by molar-refractivity contribution is 0.465. The van der Waals surface area contributed by atoms with Gasteiger partial charge in [0.25, 0.3) is 0 Å². The van der Waals surface area contributed by atoms with Gasteiger partial charge in [0.05, 0.1) is 0 Å². The van der Waals surface area contributed by atoms with Crippen LogP contribution in [0.5, 0.6) is 0 Å². The minimum Gasteiger partial charge on any atom is -0.356 e. The summed E-state index contributed by atoms with van der Waals surface area (Å²) in [6.07, 6.45) is 6.25. The van der Waals surface area contributed by atoms with Gasteiger partial charge in [-0.15, -0.1) is 10.2 Å². The third-order valence-corrected chi connectivity index (χ3v) is 5.78. The zero-order valence-corrected chi connectivity index (χ0v) is 15.8. The zero-order valence-electron chi connectivity index (χ0n) is 15.1. The topological polar surface area (TPSA) is 59.7 Å². The van der Waals surface area contributed by atoms with E-state index in [1.54, 1.807) is 0 Å². The SMILES string of the molecule is Clc1cccc(-c2nccc(N3CCC(c4nnc5n4CCC5)CC3)n2)c1. The second kappa shape index (κ2) is 6.93. The Bertz CT molecular complexity index is 961. The van der Waals surface area contributed by atoms with Crippen molar-refractivity contribution in [1.29, 1.82) is 0 Å². The maximum absolute atomic E-state index is 6.11. The van der Waals surface area contributed by atoms with Gasteiger partial charge in [0, 0.05) is 48.8 Å². The Morgan fingerprint density at radius 1 is 1.04 bits per heavy atom. The van der Waals surface area contributed by atoms with Crippen LogP contribution in [0, 0.1) is 0 Å². The standard InChI is InChI=1S/C20H21ClN6/c21-16-4-1-3-15(13-16)19-22-9-6-17(23-19)26-11-7-14(8-12-26)20-25-24-18-5-2-10-27(18)20/h1,3-4,6,9,13-14H,2,5,7-8,10-12H2. The normalized spacial score (nSPS) is 17.3. The maximum Gasteiger partial charge on any atom is 0.161 e. The summed E-state index contributed by atoms with van der Waals surface area (Å²) in [5, 5.41) is 9.54. The summed E-state index contributed by atoms with van der Waals surface area (Å²) in [6, 6.07) is 9.67. The van der Waals surface area contributed by atoms with Crippen LogP contribution in [0.4, 0.5) is 5.82 Å². The van der Waals surface area contributed by atoms with Crippen molar-refractivity contribution in [3.8, 4) is 11.4 Å². The molecule has 1 aromatic carbocycles. The largest absolute Gasteiger partial charge is 0.356 e. The summed E-state index contributed by atoms with van der Waals surface area (Å²) in [5.41, 5.74) is 0.943. The van der Waals surface area contributed by atoms with Crippen LogP contribution in [-0.2, 0) is 13.0 Å². The number of aromatic nitrogens is 5. The number of hydrogen-bond acceptors (Lipinski definition) is 5. The highest BCUT2D eigenvalue weighted by atomic mass is 35.5. The molecule has 0 N–H and O–H groups in total. The van der Waals surface area contributed by atoms with Crippen molar-refractivity contribution in [2.45, 2.75) is 38.1 Å². The summed E-state index contributed by atoms with van der Waals surface area (Å²) in [7, 11) is 0. The van der Waals surface area contributed by atoms with Crippen LogP contribution in [0.2, 0.25) is 5.02 Å². The van der Waals surface area contributed by atoms with Crippen molar-refractivity contribution >= 4 is 17.4 Å². The molecule has 5 rings (SSSR count). The molecule has 0 unspecified atom stereocenters. The van der Waals surface area contributed by atoms with E-state index in [0.29, 0.717) is 16.8 Å². The number of piperidine rings is 1. The molecular weight excluding hydrogens is 360 g/mol. The van der Waals surface area contributed by atoms with Gasteiger partial charge in [-0.2, -0.15) is 0 Å². The van der Waals surface area contributed by atoms with Crippen molar-refractivity contribution in [2.24, 2.45) is 0 Å². The highest BCUT2D eigenvalue weighted by Gasteiger charge is 2.28. The minimum absolute atomic E-state index is 0.495. The first-order valence-corrected chi connectivity index (χ1v) is 9.91. The van der Waals surface area contributed by atoms with Crippen LogP contribution in [0.3, 0.4) is 0 Å². The molecule has 138 valence electrons. The van der Waals surface area contributed by atoms with E-state index < -0.39 is 0 Å². The molecule has 2 aromatic heterocycles. The fourth-order valence-electron chi connectivity index (χ4n) is 4.13. The van der Waals surface area contributed by atoms with Crippen molar-refractivity contribution in [2.75, 3.05) is 18.0 Å². The van der Waals surface area contributed by atoms with Gasteiger partial charge in [-0.1, -0.05) is 23.7 Å². The first-order valence-electron chi connectivity index (χ1n) is 9.54. The van der Waals surface area contributed by atoms with Crippen molar-refractivity contribution in [3.05, 3.63) is 53.2 Å². The van der Waals surface area contributed by atoms with Crippen molar-refractivity contribution in [3.63, 3.8) is 0 Å². The number of halogens is 1. The number of nitrogens with zero attached hydrogens (tertiary/aromatic N) is 6. The molecule has 0 amide bonds. The highest BCUT2D eigenvalue weighted by molar-refractivity contribution is 6.30. The zero-order chi connectivity index (χ0) is 18.2. The van der Waals surface area contributed by atoms with Crippen LogP contribution in [-0.4, -0.2) is 37.8 Å². The summed E-state index contributed by atoms with van der Waals surface area (Å²) < 4.78 is 2.34. The summed E-state index contributed by atoms with van der Waals surface area (Å²) in [5.74, 6) is 4.53. The Balaban J connectivity index is 1.32. The van der Waals surface area contributed by atoms with E-state index >= 15 is 0 Å². The average Bonchev–Trinajstić information content (AvgIpc) is 3.32. The van der Waals surface area contributed by atoms with Gasteiger partial charge < -0.3 is 9.47 Å². The molecular formula is C20H21ClN6. The van der Waals surface area contributed by atoms with E-state index in [1.165, 1.54) is 12.2 Å². The van der Waals surface area contributed by atoms with E-state index in [1.807, 2.05) is 36.5 Å². The fraction of sp³-hybridized carbons (Fsp3) is 0.400. The summed E-state index contributed by atoms with van der Waals surface area (Å²) in [4.78, 5) is 11.5. The highest BCUT2D eigenvalue weighted by Crippen LogP contribution is 2.31. The van der Waals surface area contributed by atoms with E-state index in [2.05, 4.69) is 24.6 Å². The third kappa shape index (κ3) is 3.18. The molecule has 27 heavy (non-hydrogen) atoms. The second-order valence-electron chi connectivity index (χ2n) is 7.24. The first-order chi connectivity index (χ1) is 13.3. The average molecular weight is 381 g/mol. The fourth-order valence-corrected chi connectivity index (χ4v) is 4.32. The monoisotopic (exact) mass is 380 g/mol. The van der Waals surface area contributed by atoms with Gasteiger partial charge in [0.15, 0.2) is 5.82 Å². The number of fused-ring (bicyclic) bond motifs is 1. The maximum atomic E-state index is 6.11. The van der Waals surface area contributed by atoms with E-state index in [4.69, 9.17) is 16.6 Å². The minimum atomic E-state index is 0.495. The van der Waals surface area contributed by atoms with Gasteiger partial charge in [0.1, 0.15) is 17.5 Å². The molecule has 0 atom stereocenters. The molecule has 0 radical (unpaired) electrons. The molecule has 0 bridgehead atoms. The number of rotatable bonds is 3. The van der Waals surface area contributed by atoms with Gasteiger partial charge in [0.2, 0.25) is 0 Å². The van der Waals surface area contributed by atoms with Crippen LogP contribution in [0.1, 0.15) is 36.8 Å². The Labute approximate surface area is 163 Å². The van der Waals surface area contributed by atoms with Gasteiger partial charge in [-0.25, -0.2) is 9.97 Å². The van der Waals surface area contributed by atoms with Crippen LogP contribution < -0.4 is 4.90 Å². The van der Waals surface area contributed by atoms with Crippen LogP contribution in [0.25, 0.3) is 11.4 Å². The Morgan fingerprint density at radius 3 is 2.78 bits per heavy atom. The number of benzene rings is 1. The Hall–Kier alpha value is -2.47. The lowest BCUT2D eigenvalue weighted by Gasteiger charge is -2.32. The van der Waals surface area contributed by atoms with Crippen molar-refractivity contribution in [1.82, 2.24) is 24.7 Å². The molecule has 1 saturated heterocycles. The summed E-state index contributed by atoms with van der Waals surface area (Å²) in [6.45, 7) is 3.02. The van der Waals surface area contributed by atoms with Crippen LogP contribution in [0.15, 0.2) is 36.5 Å². The molecule has 2 aliphatic rings. The van der Waals surface area contributed by atoms with E-state index in [9.17, 15) is 0 Å².